The number of carboxylic acids is 1. The molecular weight excluding hydrogens is 499 g/mol. The summed E-state index contributed by atoms with van der Waals surface area (Å²) in [6.45, 7) is 0.142. The number of carbonyl (C=O) groups is 1. The third kappa shape index (κ3) is 4.35. The predicted molar refractivity (Wildman–Crippen MR) is 133 cm³/mol. The maximum Gasteiger partial charge on any atom is 0.336 e. The maximum atomic E-state index is 12.0. The lowest BCUT2D eigenvalue weighted by Gasteiger charge is -2.07. The maximum absolute atomic E-state index is 12.0. The molecule has 34 heavy (non-hydrogen) atoms. The van der Waals surface area contributed by atoms with Crippen molar-refractivity contribution >= 4 is 52.4 Å². The minimum absolute atomic E-state index is 0.0476. The van der Waals surface area contributed by atoms with Crippen molar-refractivity contribution < 1.29 is 19.4 Å². The van der Waals surface area contributed by atoms with Gasteiger partial charge >= 0.3 is 5.97 Å². The van der Waals surface area contributed by atoms with E-state index < -0.39 is 5.97 Å². The standard InChI is InChI=1S/C25H15Cl3N2O4/c26-15-4-1-13(2-5-15)17(25(31)32)11-22-29-23(14-3-8-20-21(9-14)34-12-33-20)24(30-22)18-10-16(27)6-7-19(18)28/h1-11H,12H2,(H,29,30)(H,31,32). The van der Waals surface area contributed by atoms with Gasteiger partial charge in [-0.3, -0.25) is 0 Å². The van der Waals surface area contributed by atoms with Crippen LogP contribution in [0.25, 0.3) is 34.2 Å². The molecule has 9 heteroatoms. The lowest BCUT2D eigenvalue weighted by atomic mass is 10.0. The fourth-order valence-electron chi connectivity index (χ4n) is 3.63. The van der Waals surface area contributed by atoms with Gasteiger partial charge in [0.1, 0.15) is 5.82 Å². The number of halogens is 3. The van der Waals surface area contributed by atoms with Gasteiger partial charge in [0, 0.05) is 21.2 Å². The first-order valence-corrected chi connectivity index (χ1v) is 11.2. The van der Waals surface area contributed by atoms with Crippen LogP contribution in [0.2, 0.25) is 15.1 Å². The molecule has 170 valence electrons. The highest BCUT2D eigenvalue weighted by Gasteiger charge is 2.21. The summed E-state index contributed by atoms with van der Waals surface area (Å²) in [4.78, 5) is 19.9. The lowest BCUT2D eigenvalue weighted by Crippen LogP contribution is -2.00. The monoisotopic (exact) mass is 512 g/mol. The molecule has 0 radical (unpaired) electrons. The predicted octanol–water partition coefficient (Wildman–Crippen LogP) is 7.06. The Labute approximate surface area is 209 Å². The van der Waals surface area contributed by atoms with E-state index in [0.717, 1.165) is 5.56 Å². The van der Waals surface area contributed by atoms with Crippen LogP contribution in [0.5, 0.6) is 11.5 Å². The summed E-state index contributed by atoms with van der Waals surface area (Å²) in [5.74, 6) is 0.447. The number of benzene rings is 3. The first-order valence-electron chi connectivity index (χ1n) is 10.1. The van der Waals surface area contributed by atoms with Crippen molar-refractivity contribution in [3.8, 4) is 34.0 Å². The number of imidazole rings is 1. The number of carboxylic acid groups (broad SMARTS) is 1. The summed E-state index contributed by atoms with van der Waals surface area (Å²) in [6, 6.07) is 17.1. The fourth-order valence-corrected chi connectivity index (χ4v) is 4.14. The minimum Gasteiger partial charge on any atom is -0.478 e. The van der Waals surface area contributed by atoms with Crippen molar-refractivity contribution in [2.45, 2.75) is 0 Å². The van der Waals surface area contributed by atoms with E-state index >= 15 is 0 Å². The largest absolute Gasteiger partial charge is 0.478 e. The zero-order valence-corrected chi connectivity index (χ0v) is 19.6. The number of aromatic nitrogens is 2. The highest BCUT2D eigenvalue weighted by atomic mass is 35.5. The number of aromatic amines is 1. The molecule has 0 atom stereocenters. The van der Waals surface area contributed by atoms with E-state index in [0.29, 0.717) is 54.9 Å². The summed E-state index contributed by atoms with van der Waals surface area (Å²) in [7, 11) is 0. The third-order valence-corrected chi connectivity index (χ3v) is 6.05. The van der Waals surface area contributed by atoms with Crippen LogP contribution in [0.4, 0.5) is 0 Å². The Hall–Kier alpha value is -3.45. The summed E-state index contributed by atoms with van der Waals surface area (Å²) in [5, 5.41) is 11.3. The Morgan fingerprint density at radius 3 is 2.44 bits per heavy atom. The van der Waals surface area contributed by atoms with Crippen LogP contribution in [0.1, 0.15) is 11.4 Å². The zero-order valence-electron chi connectivity index (χ0n) is 17.3. The molecule has 0 fully saturated rings. The number of rotatable bonds is 5. The van der Waals surface area contributed by atoms with Crippen LogP contribution in [0.15, 0.2) is 60.7 Å². The molecule has 4 aromatic rings. The van der Waals surface area contributed by atoms with E-state index in [9.17, 15) is 9.90 Å². The number of hydrogen-bond acceptors (Lipinski definition) is 4. The first kappa shape index (κ1) is 22.3. The SMILES string of the molecule is O=C(O)C(=Cc1nc(-c2ccc3c(c2)OCO3)c(-c2cc(Cl)ccc2Cl)[nH]1)c1ccc(Cl)cc1. The normalized spacial score (nSPS) is 12.7. The third-order valence-electron chi connectivity index (χ3n) is 5.23. The van der Waals surface area contributed by atoms with Crippen LogP contribution in [-0.2, 0) is 4.79 Å². The molecule has 0 spiro atoms. The molecule has 5 rings (SSSR count). The van der Waals surface area contributed by atoms with Crippen molar-refractivity contribution in [2.75, 3.05) is 6.79 Å². The van der Waals surface area contributed by atoms with Crippen LogP contribution in [-0.4, -0.2) is 27.8 Å². The molecule has 1 aliphatic heterocycles. The molecule has 0 unspecified atom stereocenters. The smallest absolute Gasteiger partial charge is 0.336 e. The second kappa shape index (κ2) is 9.06. The highest BCUT2D eigenvalue weighted by Crippen LogP contribution is 2.40. The highest BCUT2D eigenvalue weighted by molar-refractivity contribution is 6.35. The number of hydrogen-bond donors (Lipinski definition) is 2. The number of ether oxygens (including phenoxy) is 2. The Kier molecular flexibility index (Phi) is 5.96. The Balaban J connectivity index is 1.69. The molecule has 1 aliphatic rings. The molecule has 0 saturated carbocycles. The average molecular weight is 514 g/mol. The van der Waals surface area contributed by atoms with Crippen molar-refractivity contribution in [3.63, 3.8) is 0 Å². The summed E-state index contributed by atoms with van der Waals surface area (Å²) in [5.41, 5.74) is 3.02. The second-order valence-electron chi connectivity index (χ2n) is 7.41. The van der Waals surface area contributed by atoms with Gasteiger partial charge in [0.15, 0.2) is 11.5 Å². The second-order valence-corrected chi connectivity index (χ2v) is 8.69. The van der Waals surface area contributed by atoms with E-state index in [1.165, 1.54) is 6.08 Å². The molecular formula is C25H15Cl3N2O4. The van der Waals surface area contributed by atoms with Crippen LogP contribution >= 0.6 is 34.8 Å². The van der Waals surface area contributed by atoms with Gasteiger partial charge in [0.25, 0.3) is 0 Å². The van der Waals surface area contributed by atoms with Gasteiger partial charge in [0.2, 0.25) is 6.79 Å². The van der Waals surface area contributed by atoms with Crippen molar-refractivity contribution in [2.24, 2.45) is 0 Å². The fraction of sp³-hybridized carbons (Fsp3) is 0.0400. The number of fused-ring (bicyclic) bond motifs is 1. The molecule has 6 nitrogen and oxygen atoms in total. The number of nitrogens with one attached hydrogen (secondary N) is 1. The van der Waals surface area contributed by atoms with Gasteiger partial charge in [0.05, 0.1) is 22.0 Å². The molecule has 2 N–H and O–H groups in total. The summed E-state index contributed by atoms with van der Waals surface area (Å²) < 4.78 is 10.9. The number of nitrogens with zero attached hydrogens (tertiary/aromatic N) is 1. The van der Waals surface area contributed by atoms with Gasteiger partial charge < -0.3 is 19.6 Å². The summed E-state index contributed by atoms with van der Waals surface area (Å²) in [6.07, 6.45) is 1.46. The number of aliphatic carboxylic acids is 1. The van der Waals surface area contributed by atoms with Gasteiger partial charge in [-0.05, 0) is 60.2 Å². The van der Waals surface area contributed by atoms with E-state index in [1.807, 2.05) is 12.1 Å². The first-order chi connectivity index (χ1) is 16.4. The van der Waals surface area contributed by atoms with E-state index in [2.05, 4.69) is 4.98 Å². The quantitative estimate of drug-likeness (QED) is 0.279. The minimum atomic E-state index is -1.11. The van der Waals surface area contributed by atoms with Crippen molar-refractivity contribution in [1.29, 1.82) is 0 Å². The molecule has 0 amide bonds. The van der Waals surface area contributed by atoms with Crippen LogP contribution in [0, 0.1) is 0 Å². The molecule has 2 heterocycles. The average Bonchev–Trinajstić information content (AvgIpc) is 3.46. The molecule has 0 bridgehead atoms. The molecule has 0 aliphatic carbocycles. The van der Waals surface area contributed by atoms with Crippen molar-refractivity contribution in [3.05, 3.63) is 87.1 Å². The van der Waals surface area contributed by atoms with E-state index in [4.69, 9.17) is 49.3 Å². The van der Waals surface area contributed by atoms with Gasteiger partial charge in [-0.2, -0.15) is 0 Å². The lowest BCUT2D eigenvalue weighted by molar-refractivity contribution is -0.130. The van der Waals surface area contributed by atoms with E-state index in [1.54, 1.807) is 48.5 Å². The van der Waals surface area contributed by atoms with Crippen molar-refractivity contribution in [1.82, 2.24) is 9.97 Å². The zero-order chi connectivity index (χ0) is 23.8. The molecule has 1 aromatic heterocycles. The van der Waals surface area contributed by atoms with Crippen LogP contribution < -0.4 is 9.47 Å². The Bertz CT molecular complexity index is 1450. The van der Waals surface area contributed by atoms with Gasteiger partial charge in [-0.15, -0.1) is 0 Å². The Morgan fingerprint density at radius 1 is 0.941 bits per heavy atom. The van der Waals surface area contributed by atoms with Crippen LogP contribution in [0.3, 0.4) is 0 Å². The summed E-state index contributed by atoms with van der Waals surface area (Å²) >= 11 is 18.7. The van der Waals surface area contributed by atoms with Gasteiger partial charge in [-0.1, -0.05) is 46.9 Å². The molecule has 3 aromatic carbocycles. The Morgan fingerprint density at radius 2 is 1.68 bits per heavy atom. The topological polar surface area (TPSA) is 84.4 Å². The number of H-pyrrole nitrogens is 1. The molecule has 0 saturated heterocycles. The van der Waals surface area contributed by atoms with E-state index in [-0.39, 0.29) is 12.4 Å². The van der Waals surface area contributed by atoms with Gasteiger partial charge in [-0.25, -0.2) is 9.78 Å².